The van der Waals surface area contributed by atoms with Crippen molar-refractivity contribution in [1.82, 2.24) is 14.9 Å². The molecule has 2 aromatic rings. The molecule has 0 aromatic carbocycles. The fourth-order valence-electron chi connectivity index (χ4n) is 1.97. The minimum absolute atomic E-state index is 0.0279. The smallest absolute Gasteiger partial charge is 0.264 e. The molecule has 2 rings (SSSR count). The van der Waals surface area contributed by atoms with E-state index in [1.54, 1.807) is 11.0 Å². The largest absolute Gasteiger partial charge is 0.366 e. The van der Waals surface area contributed by atoms with Crippen molar-refractivity contribution in [1.29, 1.82) is 0 Å². The number of thiophene rings is 1. The highest BCUT2D eigenvalue weighted by molar-refractivity contribution is 7.20. The number of aromatic nitrogens is 2. The highest BCUT2D eigenvalue weighted by Crippen LogP contribution is 2.33. The van der Waals surface area contributed by atoms with Crippen LogP contribution in [0.1, 0.15) is 29.1 Å². The monoisotopic (exact) mass is 304 g/mol. The van der Waals surface area contributed by atoms with E-state index in [2.05, 4.69) is 21.9 Å². The van der Waals surface area contributed by atoms with Crippen molar-refractivity contribution in [3.05, 3.63) is 29.4 Å². The molecule has 5 nitrogen and oxygen atoms in total. The molecular formula is C15H20N4OS. The van der Waals surface area contributed by atoms with Crippen LogP contribution in [-0.2, 0) is 0 Å². The van der Waals surface area contributed by atoms with Gasteiger partial charge in [0, 0.05) is 19.6 Å². The van der Waals surface area contributed by atoms with E-state index in [-0.39, 0.29) is 11.9 Å². The summed E-state index contributed by atoms with van der Waals surface area (Å²) in [4.78, 5) is 24.4. The molecule has 112 valence electrons. The Labute approximate surface area is 128 Å². The predicted molar refractivity (Wildman–Crippen MR) is 88.1 cm³/mol. The standard InChI is InChI=1S/C15H20N4OS/c1-6-7-16-13-11-10(4)12(15(20)19(5)9(2)3)21-14(11)18-8-17-13/h6,8-9H,1,7H2,2-5H3,(H,16,17,18). The van der Waals surface area contributed by atoms with Crippen LogP contribution in [0.15, 0.2) is 19.0 Å². The van der Waals surface area contributed by atoms with Gasteiger partial charge >= 0.3 is 0 Å². The summed E-state index contributed by atoms with van der Waals surface area (Å²) < 4.78 is 0. The average Bonchev–Trinajstić information content (AvgIpc) is 2.81. The molecule has 1 N–H and O–H groups in total. The third kappa shape index (κ3) is 2.90. The van der Waals surface area contributed by atoms with Gasteiger partial charge in [-0.1, -0.05) is 6.08 Å². The molecule has 0 radical (unpaired) electrons. The maximum Gasteiger partial charge on any atom is 0.264 e. The van der Waals surface area contributed by atoms with E-state index in [1.165, 1.54) is 17.7 Å². The van der Waals surface area contributed by atoms with Gasteiger partial charge < -0.3 is 10.2 Å². The van der Waals surface area contributed by atoms with Gasteiger partial charge in [-0.15, -0.1) is 17.9 Å². The van der Waals surface area contributed by atoms with Crippen LogP contribution in [0.3, 0.4) is 0 Å². The van der Waals surface area contributed by atoms with Gasteiger partial charge in [-0.05, 0) is 26.3 Å². The lowest BCUT2D eigenvalue weighted by Crippen LogP contribution is -2.32. The number of fused-ring (bicyclic) bond motifs is 1. The molecule has 2 heterocycles. The number of carbonyl (C=O) groups is 1. The zero-order valence-electron chi connectivity index (χ0n) is 12.8. The Kier molecular flexibility index (Phi) is 4.57. The van der Waals surface area contributed by atoms with Gasteiger partial charge in [0.15, 0.2) is 0 Å². The lowest BCUT2D eigenvalue weighted by Gasteiger charge is -2.20. The van der Waals surface area contributed by atoms with Crippen LogP contribution in [0, 0.1) is 6.92 Å². The van der Waals surface area contributed by atoms with Gasteiger partial charge in [0.1, 0.15) is 17.0 Å². The minimum Gasteiger partial charge on any atom is -0.366 e. The second kappa shape index (κ2) is 6.22. The zero-order valence-corrected chi connectivity index (χ0v) is 13.6. The number of rotatable bonds is 5. The number of amides is 1. The van der Waals surface area contributed by atoms with Crippen molar-refractivity contribution in [3.63, 3.8) is 0 Å². The number of anilines is 1. The van der Waals surface area contributed by atoms with Crippen molar-refractivity contribution in [2.45, 2.75) is 26.8 Å². The molecule has 0 unspecified atom stereocenters. The number of aryl methyl sites for hydroxylation is 1. The highest BCUT2D eigenvalue weighted by Gasteiger charge is 2.22. The third-order valence-corrected chi connectivity index (χ3v) is 4.62. The fourth-order valence-corrected chi connectivity index (χ4v) is 3.10. The Bertz CT molecular complexity index is 678. The molecule has 0 aliphatic carbocycles. The van der Waals surface area contributed by atoms with Crippen molar-refractivity contribution in [2.24, 2.45) is 0 Å². The predicted octanol–water partition coefficient (Wildman–Crippen LogP) is 3.08. The highest BCUT2D eigenvalue weighted by atomic mass is 32.1. The molecule has 0 spiro atoms. The number of hydrogen-bond acceptors (Lipinski definition) is 5. The Morgan fingerprint density at radius 2 is 2.24 bits per heavy atom. The lowest BCUT2D eigenvalue weighted by molar-refractivity contribution is 0.0759. The van der Waals surface area contributed by atoms with Crippen LogP contribution in [0.5, 0.6) is 0 Å². The van der Waals surface area contributed by atoms with Crippen molar-refractivity contribution in [3.8, 4) is 0 Å². The molecule has 6 heteroatoms. The third-order valence-electron chi connectivity index (χ3n) is 3.43. The molecule has 0 aliphatic heterocycles. The second-order valence-electron chi connectivity index (χ2n) is 5.14. The number of nitrogens with zero attached hydrogens (tertiary/aromatic N) is 3. The van der Waals surface area contributed by atoms with Crippen LogP contribution >= 0.6 is 11.3 Å². The summed E-state index contributed by atoms with van der Waals surface area (Å²) in [6.45, 7) is 10.3. The molecule has 0 atom stereocenters. The molecular weight excluding hydrogens is 284 g/mol. The van der Waals surface area contributed by atoms with E-state index in [1.807, 2.05) is 27.8 Å². The van der Waals surface area contributed by atoms with Crippen molar-refractivity contribution >= 4 is 33.3 Å². The summed E-state index contributed by atoms with van der Waals surface area (Å²) in [5.74, 6) is 0.778. The van der Waals surface area contributed by atoms with Gasteiger partial charge in [-0.25, -0.2) is 9.97 Å². The number of hydrogen-bond donors (Lipinski definition) is 1. The zero-order chi connectivity index (χ0) is 15.6. The van der Waals surface area contributed by atoms with Crippen LogP contribution in [0.4, 0.5) is 5.82 Å². The average molecular weight is 304 g/mol. The van der Waals surface area contributed by atoms with E-state index >= 15 is 0 Å². The minimum atomic E-state index is 0.0279. The first-order valence-corrected chi connectivity index (χ1v) is 7.65. The molecule has 0 saturated carbocycles. The van der Waals surface area contributed by atoms with Crippen LogP contribution in [0.2, 0.25) is 0 Å². The van der Waals surface area contributed by atoms with Gasteiger partial charge in [0.25, 0.3) is 5.91 Å². The van der Waals surface area contributed by atoms with Crippen LogP contribution in [0.25, 0.3) is 10.2 Å². The van der Waals surface area contributed by atoms with Crippen LogP contribution in [-0.4, -0.2) is 40.4 Å². The van der Waals surface area contributed by atoms with E-state index in [4.69, 9.17) is 0 Å². The molecule has 0 fully saturated rings. The summed E-state index contributed by atoms with van der Waals surface area (Å²) in [6.07, 6.45) is 3.29. The maximum absolute atomic E-state index is 12.6. The second-order valence-corrected chi connectivity index (χ2v) is 6.14. The quantitative estimate of drug-likeness (QED) is 0.862. The van der Waals surface area contributed by atoms with Crippen LogP contribution < -0.4 is 5.32 Å². The molecule has 0 aliphatic rings. The summed E-state index contributed by atoms with van der Waals surface area (Å²) in [6, 6.07) is 0.159. The van der Waals surface area contributed by atoms with E-state index in [0.29, 0.717) is 6.54 Å². The molecule has 0 saturated heterocycles. The van der Waals surface area contributed by atoms with E-state index < -0.39 is 0 Å². The molecule has 1 amide bonds. The fraction of sp³-hybridized carbons (Fsp3) is 0.400. The van der Waals surface area contributed by atoms with Gasteiger partial charge in [-0.2, -0.15) is 0 Å². The first-order valence-electron chi connectivity index (χ1n) is 6.83. The van der Waals surface area contributed by atoms with Crippen molar-refractivity contribution < 1.29 is 4.79 Å². The van der Waals surface area contributed by atoms with E-state index in [0.717, 1.165) is 26.5 Å². The molecule has 0 bridgehead atoms. The van der Waals surface area contributed by atoms with Gasteiger partial charge in [0.05, 0.1) is 10.3 Å². The maximum atomic E-state index is 12.6. The first-order chi connectivity index (χ1) is 9.97. The van der Waals surface area contributed by atoms with E-state index in [9.17, 15) is 4.79 Å². The Morgan fingerprint density at radius 3 is 2.86 bits per heavy atom. The SMILES string of the molecule is C=CCNc1ncnc2sc(C(=O)N(C)C(C)C)c(C)c12. The normalized spacial score (nSPS) is 10.9. The summed E-state index contributed by atoms with van der Waals surface area (Å²) in [7, 11) is 1.82. The topological polar surface area (TPSA) is 58.1 Å². The Balaban J connectivity index is 2.51. The van der Waals surface area contributed by atoms with Gasteiger partial charge in [-0.3, -0.25) is 4.79 Å². The van der Waals surface area contributed by atoms with Gasteiger partial charge in [0.2, 0.25) is 0 Å². The molecule has 21 heavy (non-hydrogen) atoms. The number of nitrogens with one attached hydrogen (secondary N) is 1. The first kappa shape index (κ1) is 15.4. The van der Waals surface area contributed by atoms with Crippen molar-refractivity contribution in [2.75, 3.05) is 18.9 Å². The lowest BCUT2D eigenvalue weighted by atomic mass is 10.2. The number of carbonyl (C=O) groups excluding carboxylic acids is 1. The summed E-state index contributed by atoms with van der Waals surface area (Å²) >= 11 is 1.42. The summed E-state index contributed by atoms with van der Waals surface area (Å²) in [5.41, 5.74) is 0.930. The Morgan fingerprint density at radius 1 is 1.52 bits per heavy atom. The Hall–Kier alpha value is -1.95. The molecule has 2 aromatic heterocycles. The summed E-state index contributed by atoms with van der Waals surface area (Å²) in [5, 5.41) is 4.12.